The normalized spacial score (nSPS) is 11.2. The lowest BCUT2D eigenvalue weighted by molar-refractivity contribution is -0.128. The van der Waals surface area contributed by atoms with E-state index in [2.05, 4.69) is 35.6 Å². The molecule has 0 saturated carbocycles. The molecule has 0 unspecified atom stereocenters. The summed E-state index contributed by atoms with van der Waals surface area (Å²) in [6, 6.07) is 24.6. The second-order valence-electron chi connectivity index (χ2n) is 8.05. The van der Waals surface area contributed by atoms with Gasteiger partial charge in [-0.15, -0.1) is 0 Å². The molecule has 0 fully saturated rings. The van der Waals surface area contributed by atoms with Crippen LogP contribution >= 0.6 is 0 Å². The summed E-state index contributed by atoms with van der Waals surface area (Å²) in [7, 11) is 0. The Morgan fingerprint density at radius 1 is 0.821 bits per heavy atom. The number of carbonyl (C=O) groups excluding carboxylic acids is 1. The topological polar surface area (TPSA) is 55.1 Å². The van der Waals surface area contributed by atoms with Crippen LogP contribution in [-0.2, 0) is 11.2 Å². The van der Waals surface area contributed by atoms with Crippen LogP contribution in [0.15, 0.2) is 72.8 Å². The average Bonchev–Trinajstić information content (AvgIpc) is 2.69. The van der Waals surface area contributed by atoms with E-state index in [1.54, 1.807) is 0 Å². The number of amides is 1. The summed E-state index contributed by atoms with van der Waals surface area (Å²) in [6.07, 6.45) is 0.742. The number of hydrogen-bond acceptors (Lipinski definition) is 2. The van der Waals surface area contributed by atoms with Crippen LogP contribution in [0.3, 0.4) is 0 Å². The van der Waals surface area contributed by atoms with Crippen LogP contribution < -0.4 is 11.1 Å². The molecule has 3 aromatic rings. The Balaban J connectivity index is 2.02. The van der Waals surface area contributed by atoms with Crippen molar-refractivity contribution in [2.75, 3.05) is 12.3 Å². The van der Waals surface area contributed by atoms with Crippen molar-refractivity contribution in [3.05, 3.63) is 78.4 Å². The van der Waals surface area contributed by atoms with Crippen molar-refractivity contribution in [2.24, 2.45) is 5.41 Å². The van der Waals surface area contributed by atoms with E-state index in [1.807, 2.05) is 63.2 Å². The van der Waals surface area contributed by atoms with Gasteiger partial charge >= 0.3 is 0 Å². The maximum atomic E-state index is 12.2. The molecule has 0 bridgehead atoms. The van der Waals surface area contributed by atoms with E-state index < -0.39 is 5.41 Å². The van der Waals surface area contributed by atoms with Gasteiger partial charge in [0.25, 0.3) is 0 Å². The molecule has 3 heteroatoms. The van der Waals surface area contributed by atoms with Crippen LogP contribution in [0.4, 0.5) is 5.69 Å². The molecule has 3 N–H and O–H groups in total. The van der Waals surface area contributed by atoms with Crippen LogP contribution in [0, 0.1) is 5.41 Å². The highest BCUT2D eigenvalue weighted by Gasteiger charge is 2.21. The number of nitrogens with two attached hydrogens (primary N) is 1. The lowest BCUT2D eigenvalue weighted by atomic mass is 9.88. The minimum Gasteiger partial charge on any atom is -0.398 e. The number of anilines is 1. The average molecular weight is 373 g/mol. The lowest BCUT2D eigenvalue weighted by Gasteiger charge is -2.20. The fraction of sp³-hybridized carbons (Fsp3) is 0.240. The van der Waals surface area contributed by atoms with Gasteiger partial charge in [0.2, 0.25) is 5.91 Å². The van der Waals surface area contributed by atoms with E-state index in [-0.39, 0.29) is 5.91 Å². The van der Waals surface area contributed by atoms with Crippen molar-refractivity contribution in [3.8, 4) is 22.3 Å². The summed E-state index contributed by atoms with van der Waals surface area (Å²) in [5.41, 5.74) is 12.4. The zero-order valence-electron chi connectivity index (χ0n) is 16.8. The molecule has 0 radical (unpaired) electrons. The maximum Gasteiger partial charge on any atom is 0.225 e. The van der Waals surface area contributed by atoms with Crippen LogP contribution in [-0.4, -0.2) is 12.5 Å². The summed E-state index contributed by atoms with van der Waals surface area (Å²) in [4.78, 5) is 12.2. The molecule has 0 aliphatic carbocycles. The Bertz CT molecular complexity index is 942. The first kappa shape index (κ1) is 19.7. The number of hydrogen-bond donors (Lipinski definition) is 2. The van der Waals surface area contributed by atoms with Gasteiger partial charge in [0.15, 0.2) is 0 Å². The molecule has 0 heterocycles. The number of nitrogen functional groups attached to an aromatic ring is 1. The zero-order chi connectivity index (χ0) is 20.1. The SMILES string of the molecule is CC(C)(C)C(=O)NCCc1ccc(N)c(-c2ccccc2)c1-c1ccccc1. The van der Waals surface area contributed by atoms with Gasteiger partial charge in [0, 0.05) is 23.2 Å². The van der Waals surface area contributed by atoms with Crippen LogP contribution in [0.1, 0.15) is 26.3 Å². The molecule has 1 amide bonds. The summed E-state index contributed by atoms with van der Waals surface area (Å²) < 4.78 is 0. The Hall–Kier alpha value is -3.07. The molecular weight excluding hydrogens is 344 g/mol. The number of rotatable bonds is 5. The molecular formula is C25H28N2O. The third-order valence-corrected chi connectivity index (χ3v) is 4.81. The van der Waals surface area contributed by atoms with Gasteiger partial charge in [0.05, 0.1) is 0 Å². The fourth-order valence-corrected chi connectivity index (χ4v) is 3.30. The molecule has 3 aromatic carbocycles. The van der Waals surface area contributed by atoms with Crippen molar-refractivity contribution in [1.29, 1.82) is 0 Å². The first-order valence-electron chi connectivity index (χ1n) is 9.68. The Morgan fingerprint density at radius 2 is 1.36 bits per heavy atom. The monoisotopic (exact) mass is 372 g/mol. The highest BCUT2D eigenvalue weighted by atomic mass is 16.2. The van der Waals surface area contributed by atoms with Crippen LogP contribution in [0.5, 0.6) is 0 Å². The number of nitrogens with one attached hydrogen (secondary N) is 1. The van der Waals surface area contributed by atoms with Gasteiger partial charge in [-0.05, 0) is 34.7 Å². The molecule has 0 spiro atoms. The van der Waals surface area contributed by atoms with Crippen LogP contribution in [0.25, 0.3) is 22.3 Å². The highest BCUT2D eigenvalue weighted by Crippen LogP contribution is 2.39. The summed E-state index contributed by atoms with van der Waals surface area (Å²) in [6.45, 7) is 6.37. The fourth-order valence-electron chi connectivity index (χ4n) is 3.30. The molecule has 0 aliphatic rings. The molecule has 3 nitrogen and oxygen atoms in total. The lowest BCUT2D eigenvalue weighted by Crippen LogP contribution is -2.36. The van der Waals surface area contributed by atoms with Gasteiger partial charge in [0.1, 0.15) is 0 Å². The molecule has 0 aromatic heterocycles. The van der Waals surface area contributed by atoms with Crippen molar-refractivity contribution in [2.45, 2.75) is 27.2 Å². The molecule has 144 valence electrons. The van der Waals surface area contributed by atoms with E-state index in [9.17, 15) is 4.79 Å². The molecule has 28 heavy (non-hydrogen) atoms. The number of benzene rings is 3. The van der Waals surface area contributed by atoms with Gasteiger partial charge in [-0.3, -0.25) is 4.79 Å². The zero-order valence-corrected chi connectivity index (χ0v) is 16.8. The Morgan fingerprint density at radius 3 is 1.89 bits per heavy atom. The van der Waals surface area contributed by atoms with Crippen LogP contribution in [0.2, 0.25) is 0 Å². The minimum atomic E-state index is -0.390. The van der Waals surface area contributed by atoms with E-state index in [1.165, 1.54) is 5.56 Å². The molecule has 0 aliphatic heterocycles. The minimum absolute atomic E-state index is 0.0625. The predicted molar refractivity (Wildman–Crippen MR) is 118 cm³/mol. The maximum absolute atomic E-state index is 12.2. The quantitative estimate of drug-likeness (QED) is 0.597. The first-order valence-corrected chi connectivity index (χ1v) is 9.68. The van der Waals surface area contributed by atoms with E-state index in [4.69, 9.17) is 5.73 Å². The third-order valence-electron chi connectivity index (χ3n) is 4.81. The Labute approximate surface area is 167 Å². The van der Waals surface area contributed by atoms with Crippen molar-refractivity contribution in [3.63, 3.8) is 0 Å². The van der Waals surface area contributed by atoms with Gasteiger partial charge in [-0.1, -0.05) is 87.5 Å². The first-order chi connectivity index (χ1) is 13.4. The summed E-state index contributed by atoms with van der Waals surface area (Å²) >= 11 is 0. The van der Waals surface area contributed by atoms with Crippen molar-refractivity contribution >= 4 is 11.6 Å². The molecule has 0 saturated heterocycles. The predicted octanol–water partition coefficient (Wildman–Crippen LogP) is 5.31. The van der Waals surface area contributed by atoms with Crippen molar-refractivity contribution < 1.29 is 4.79 Å². The second-order valence-corrected chi connectivity index (χ2v) is 8.05. The standard InChI is InChI=1S/C25H28N2O/c1-25(2,3)24(28)27-17-16-20-14-15-21(26)23(19-12-8-5-9-13-19)22(20)18-10-6-4-7-11-18/h4-15H,16-17,26H2,1-3H3,(H,27,28). The third kappa shape index (κ3) is 4.42. The molecule has 0 atom stereocenters. The molecule has 3 rings (SSSR count). The second kappa shape index (κ2) is 8.30. The summed E-state index contributed by atoms with van der Waals surface area (Å²) in [5.74, 6) is 0.0625. The summed E-state index contributed by atoms with van der Waals surface area (Å²) in [5, 5.41) is 3.05. The smallest absolute Gasteiger partial charge is 0.225 e. The van der Waals surface area contributed by atoms with Gasteiger partial charge < -0.3 is 11.1 Å². The van der Waals surface area contributed by atoms with E-state index >= 15 is 0 Å². The Kier molecular flexibility index (Phi) is 5.84. The number of carbonyl (C=O) groups is 1. The largest absolute Gasteiger partial charge is 0.398 e. The van der Waals surface area contributed by atoms with Gasteiger partial charge in [-0.25, -0.2) is 0 Å². The van der Waals surface area contributed by atoms with Gasteiger partial charge in [-0.2, -0.15) is 0 Å². The van der Waals surface area contributed by atoms with Crippen molar-refractivity contribution in [1.82, 2.24) is 5.32 Å². The van der Waals surface area contributed by atoms with E-state index in [0.29, 0.717) is 6.54 Å². The van der Waals surface area contributed by atoms with E-state index in [0.717, 1.165) is 34.4 Å². The highest BCUT2D eigenvalue weighted by molar-refractivity contribution is 5.93.